The fourth-order valence-corrected chi connectivity index (χ4v) is 1.65. The van der Waals surface area contributed by atoms with Crippen molar-refractivity contribution < 1.29 is 13.9 Å². The number of hydrogen-bond acceptors (Lipinski definition) is 4. The summed E-state index contributed by atoms with van der Waals surface area (Å²) in [6.45, 7) is -0.340. The van der Waals surface area contributed by atoms with Crippen LogP contribution in [-0.2, 0) is 4.79 Å². The van der Waals surface area contributed by atoms with Crippen molar-refractivity contribution in [1.29, 1.82) is 5.26 Å². The lowest BCUT2D eigenvalue weighted by Gasteiger charge is -2.09. The van der Waals surface area contributed by atoms with E-state index in [1.54, 1.807) is 24.3 Å². The van der Waals surface area contributed by atoms with E-state index in [2.05, 4.69) is 5.32 Å². The third kappa shape index (κ3) is 3.70. The lowest BCUT2D eigenvalue weighted by Crippen LogP contribution is -2.21. The van der Waals surface area contributed by atoms with E-state index in [4.69, 9.17) is 15.7 Å². The normalized spacial score (nSPS) is 9.71. The third-order valence-electron chi connectivity index (χ3n) is 2.63. The van der Waals surface area contributed by atoms with E-state index in [-0.39, 0.29) is 12.3 Å². The molecule has 0 heterocycles. The summed E-state index contributed by atoms with van der Waals surface area (Å²) in [6, 6.07) is 12.4. The van der Waals surface area contributed by atoms with Crippen LogP contribution >= 0.6 is 0 Å². The van der Waals surface area contributed by atoms with Gasteiger partial charge in [0.1, 0.15) is 17.6 Å². The molecule has 0 aliphatic heterocycles. The van der Waals surface area contributed by atoms with Crippen LogP contribution < -0.4 is 15.8 Å². The van der Waals surface area contributed by atoms with Crippen molar-refractivity contribution >= 4 is 17.3 Å². The maximum absolute atomic E-state index is 13.5. The number of nitrogens with zero attached hydrogens (tertiary/aromatic N) is 1. The summed E-state index contributed by atoms with van der Waals surface area (Å²) >= 11 is 0. The topological polar surface area (TPSA) is 88.1 Å². The van der Waals surface area contributed by atoms with Gasteiger partial charge in [-0.1, -0.05) is 12.1 Å². The first-order chi connectivity index (χ1) is 10.1. The maximum Gasteiger partial charge on any atom is 0.262 e. The molecule has 2 aromatic carbocycles. The number of anilines is 2. The Hall–Kier alpha value is -3.07. The summed E-state index contributed by atoms with van der Waals surface area (Å²) in [4.78, 5) is 11.7. The number of nitrogens with two attached hydrogens (primary N) is 1. The molecule has 0 saturated heterocycles. The minimum atomic E-state index is -0.588. The van der Waals surface area contributed by atoms with Crippen molar-refractivity contribution in [1.82, 2.24) is 0 Å². The number of carbonyl (C=O) groups is 1. The van der Waals surface area contributed by atoms with E-state index in [1.165, 1.54) is 12.1 Å². The van der Waals surface area contributed by atoms with Gasteiger partial charge < -0.3 is 15.8 Å². The highest BCUT2D eigenvalue weighted by molar-refractivity contribution is 5.92. The van der Waals surface area contributed by atoms with Crippen LogP contribution in [0.4, 0.5) is 15.8 Å². The smallest absolute Gasteiger partial charge is 0.262 e. The Morgan fingerprint density at radius 1 is 1.33 bits per heavy atom. The van der Waals surface area contributed by atoms with Crippen molar-refractivity contribution in [2.45, 2.75) is 0 Å². The summed E-state index contributed by atoms with van der Waals surface area (Å²) in [5, 5.41) is 11.2. The summed E-state index contributed by atoms with van der Waals surface area (Å²) in [7, 11) is 0. The summed E-state index contributed by atoms with van der Waals surface area (Å²) < 4.78 is 18.7. The van der Waals surface area contributed by atoms with Crippen molar-refractivity contribution in [3.63, 3.8) is 0 Å². The molecule has 0 aliphatic rings. The number of benzene rings is 2. The molecule has 106 valence electrons. The SMILES string of the molecule is N#Cc1ccccc1OCC(=O)Nc1cc(N)ccc1F. The van der Waals surface area contributed by atoms with Gasteiger partial charge in [-0.05, 0) is 30.3 Å². The van der Waals surface area contributed by atoms with E-state index in [1.807, 2.05) is 6.07 Å². The van der Waals surface area contributed by atoms with Crippen molar-refractivity contribution in [3.8, 4) is 11.8 Å². The molecule has 0 aliphatic carbocycles. The standard InChI is InChI=1S/C15H12FN3O2/c16-12-6-5-11(18)7-13(12)19-15(20)9-21-14-4-2-1-3-10(14)8-17/h1-7H,9,18H2,(H,19,20). The van der Waals surface area contributed by atoms with Crippen LogP contribution in [0, 0.1) is 17.1 Å². The van der Waals surface area contributed by atoms with Gasteiger partial charge in [0.2, 0.25) is 0 Å². The van der Waals surface area contributed by atoms with Gasteiger partial charge in [-0.2, -0.15) is 5.26 Å². The number of ether oxygens (including phenoxy) is 1. The Kier molecular flexibility index (Phi) is 4.36. The number of carbonyl (C=O) groups excluding carboxylic acids is 1. The quantitative estimate of drug-likeness (QED) is 0.844. The van der Waals surface area contributed by atoms with Gasteiger partial charge in [0, 0.05) is 5.69 Å². The van der Waals surface area contributed by atoms with Crippen molar-refractivity contribution in [2.75, 3.05) is 17.7 Å². The van der Waals surface area contributed by atoms with E-state index >= 15 is 0 Å². The second-order valence-corrected chi connectivity index (χ2v) is 4.18. The lowest BCUT2D eigenvalue weighted by molar-refractivity contribution is -0.118. The van der Waals surface area contributed by atoms with Crippen LogP contribution in [0.1, 0.15) is 5.56 Å². The van der Waals surface area contributed by atoms with Crippen LogP contribution in [0.5, 0.6) is 5.75 Å². The van der Waals surface area contributed by atoms with Gasteiger partial charge in [0.15, 0.2) is 6.61 Å². The predicted octanol–water partition coefficient (Wildman–Crippen LogP) is 2.30. The number of para-hydroxylation sites is 1. The average molecular weight is 285 g/mol. The first-order valence-corrected chi connectivity index (χ1v) is 6.07. The zero-order valence-corrected chi connectivity index (χ0v) is 11.0. The molecule has 0 atom stereocenters. The zero-order chi connectivity index (χ0) is 15.2. The molecule has 0 aromatic heterocycles. The van der Waals surface area contributed by atoms with Gasteiger partial charge in [-0.3, -0.25) is 4.79 Å². The van der Waals surface area contributed by atoms with Crippen LogP contribution in [0.2, 0.25) is 0 Å². The van der Waals surface area contributed by atoms with Gasteiger partial charge >= 0.3 is 0 Å². The molecular formula is C15H12FN3O2. The van der Waals surface area contributed by atoms with Crippen LogP contribution in [0.15, 0.2) is 42.5 Å². The Balaban J connectivity index is 2.00. The first-order valence-electron chi connectivity index (χ1n) is 6.07. The van der Waals surface area contributed by atoms with E-state index in [0.717, 1.165) is 6.07 Å². The Morgan fingerprint density at radius 2 is 2.10 bits per heavy atom. The highest BCUT2D eigenvalue weighted by Crippen LogP contribution is 2.18. The number of rotatable bonds is 4. The number of nitrogens with one attached hydrogen (secondary N) is 1. The Morgan fingerprint density at radius 3 is 2.86 bits per heavy atom. The molecule has 2 aromatic rings. The fourth-order valence-electron chi connectivity index (χ4n) is 1.65. The highest BCUT2D eigenvalue weighted by atomic mass is 19.1. The molecule has 0 bridgehead atoms. The number of amides is 1. The first kappa shape index (κ1) is 14.3. The molecule has 0 fully saturated rings. The lowest BCUT2D eigenvalue weighted by atomic mass is 10.2. The Bertz CT molecular complexity index is 710. The highest BCUT2D eigenvalue weighted by Gasteiger charge is 2.09. The van der Waals surface area contributed by atoms with E-state index in [0.29, 0.717) is 17.0 Å². The number of nitrogen functional groups attached to an aromatic ring is 1. The molecule has 5 nitrogen and oxygen atoms in total. The monoisotopic (exact) mass is 285 g/mol. The van der Waals surface area contributed by atoms with E-state index in [9.17, 15) is 9.18 Å². The minimum absolute atomic E-state index is 0.0165. The molecular weight excluding hydrogens is 273 g/mol. The largest absolute Gasteiger partial charge is 0.482 e. The molecule has 0 spiro atoms. The van der Waals surface area contributed by atoms with Crippen LogP contribution in [0.3, 0.4) is 0 Å². The van der Waals surface area contributed by atoms with Crippen molar-refractivity contribution in [2.24, 2.45) is 0 Å². The summed E-state index contributed by atoms with van der Waals surface area (Å²) in [5.41, 5.74) is 6.16. The summed E-state index contributed by atoms with van der Waals surface area (Å²) in [6.07, 6.45) is 0. The third-order valence-corrected chi connectivity index (χ3v) is 2.63. The zero-order valence-electron chi connectivity index (χ0n) is 11.0. The molecule has 0 unspecified atom stereocenters. The molecule has 0 radical (unpaired) electrons. The minimum Gasteiger partial charge on any atom is -0.482 e. The predicted molar refractivity (Wildman–Crippen MR) is 76.1 cm³/mol. The van der Waals surface area contributed by atoms with Crippen LogP contribution in [-0.4, -0.2) is 12.5 Å². The van der Waals surface area contributed by atoms with Gasteiger partial charge in [0.05, 0.1) is 11.3 Å². The van der Waals surface area contributed by atoms with Gasteiger partial charge in [-0.15, -0.1) is 0 Å². The summed E-state index contributed by atoms with van der Waals surface area (Å²) in [5.74, 6) is -0.842. The number of hydrogen-bond donors (Lipinski definition) is 2. The molecule has 6 heteroatoms. The number of nitriles is 1. The fraction of sp³-hybridized carbons (Fsp3) is 0.0667. The van der Waals surface area contributed by atoms with Crippen molar-refractivity contribution in [3.05, 3.63) is 53.8 Å². The van der Waals surface area contributed by atoms with Gasteiger partial charge in [-0.25, -0.2) is 4.39 Å². The second kappa shape index (κ2) is 6.39. The van der Waals surface area contributed by atoms with Gasteiger partial charge in [0.25, 0.3) is 5.91 Å². The molecule has 21 heavy (non-hydrogen) atoms. The molecule has 0 saturated carbocycles. The molecule has 2 rings (SSSR count). The number of halogens is 1. The Labute approximate surface area is 120 Å². The maximum atomic E-state index is 13.5. The second-order valence-electron chi connectivity index (χ2n) is 4.18. The average Bonchev–Trinajstić information content (AvgIpc) is 2.49. The molecule has 3 N–H and O–H groups in total. The van der Waals surface area contributed by atoms with Crippen LogP contribution in [0.25, 0.3) is 0 Å². The molecule has 1 amide bonds. The van der Waals surface area contributed by atoms with E-state index < -0.39 is 11.7 Å².